The summed E-state index contributed by atoms with van der Waals surface area (Å²) in [5, 5.41) is 0. The van der Waals surface area contributed by atoms with Gasteiger partial charge in [-0.2, -0.15) is 0 Å². The quantitative estimate of drug-likeness (QED) is 0.756. The van der Waals surface area contributed by atoms with Crippen molar-refractivity contribution in [3.8, 4) is 5.75 Å². The van der Waals surface area contributed by atoms with Gasteiger partial charge in [-0.15, -0.1) is 0 Å². The molecule has 0 unspecified atom stereocenters. The minimum absolute atomic E-state index is 0.0655. The summed E-state index contributed by atoms with van der Waals surface area (Å²) in [5.74, 6) is 1.67. The number of fused-ring (bicyclic) bond motifs is 1. The Morgan fingerprint density at radius 1 is 1.00 bits per heavy atom. The molecule has 7 nitrogen and oxygen atoms in total. The van der Waals surface area contributed by atoms with Gasteiger partial charge >= 0.3 is 0 Å². The highest BCUT2D eigenvalue weighted by Gasteiger charge is 2.29. The SMILES string of the molecule is COc1ccc(C(=O)N2CCc3cnc(N4CCN(C5CCC5)CC4)nc3CC2)cc1. The second-order valence-electron chi connectivity index (χ2n) is 8.77. The van der Waals surface area contributed by atoms with Gasteiger partial charge in [0.1, 0.15) is 5.75 Å². The third-order valence-corrected chi connectivity index (χ3v) is 7.02. The molecular formula is C24H31N5O2. The van der Waals surface area contributed by atoms with Gasteiger partial charge in [0, 0.05) is 63.5 Å². The number of carbonyl (C=O) groups excluding carboxylic acids is 1. The molecule has 1 saturated heterocycles. The minimum atomic E-state index is 0.0655. The van der Waals surface area contributed by atoms with E-state index in [1.807, 2.05) is 35.4 Å². The van der Waals surface area contributed by atoms with Crippen LogP contribution in [0, 0.1) is 0 Å². The van der Waals surface area contributed by atoms with Crippen LogP contribution in [-0.4, -0.2) is 78.1 Å². The average molecular weight is 422 g/mol. The second kappa shape index (κ2) is 8.83. The number of methoxy groups -OCH3 is 1. The molecular weight excluding hydrogens is 390 g/mol. The summed E-state index contributed by atoms with van der Waals surface area (Å²) >= 11 is 0. The van der Waals surface area contributed by atoms with Crippen LogP contribution in [0.4, 0.5) is 5.95 Å². The van der Waals surface area contributed by atoms with E-state index in [4.69, 9.17) is 9.72 Å². The van der Waals surface area contributed by atoms with E-state index >= 15 is 0 Å². The Morgan fingerprint density at radius 2 is 1.74 bits per heavy atom. The number of nitrogens with zero attached hydrogens (tertiary/aromatic N) is 5. The maximum Gasteiger partial charge on any atom is 0.253 e. The summed E-state index contributed by atoms with van der Waals surface area (Å²) in [6.07, 6.45) is 7.66. The van der Waals surface area contributed by atoms with Crippen molar-refractivity contribution in [1.82, 2.24) is 19.8 Å². The summed E-state index contributed by atoms with van der Waals surface area (Å²) in [4.78, 5) is 29.5. The molecule has 7 heteroatoms. The van der Waals surface area contributed by atoms with Crippen molar-refractivity contribution in [3.63, 3.8) is 0 Å². The van der Waals surface area contributed by atoms with Crippen LogP contribution in [0.15, 0.2) is 30.5 Å². The zero-order chi connectivity index (χ0) is 21.2. The first kappa shape index (κ1) is 20.2. The van der Waals surface area contributed by atoms with E-state index in [2.05, 4.69) is 14.8 Å². The van der Waals surface area contributed by atoms with E-state index in [1.165, 1.54) is 24.8 Å². The molecule has 1 saturated carbocycles. The van der Waals surface area contributed by atoms with Gasteiger partial charge in [-0.25, -0.2) is 9.97 Å². The molecule has 1 aromatic carbocycles. The molecule has 0 bridgehead atoms. The van der Waals surface area contributed by atoms with E-state index in [0.717, 1.165) is 62.5 Å². The van der Waals surface area contributed by atoms with Crippen LogP contribution in [0.5, 0.6) is 5.75 Å². The van der Waals surface area contributed by atoms with Gasteiger partial charge in [0.15, 0.2) is 0 Å². The number of hydrogen-bond acceptors (Lipinski definition) is 6. The Kier molecular flexibility index (Phi) is 5.76. The highest BCUT2D eigenvalue weighted by molar-refractivity contribution is 5.94. The topological polar surface area (TPSA) is 61.8 Å². The fraction of sp³-hybridized carbons (Fsp3) is 0.542. The maximum absolute atomic E-state index is 13.0. The summed E-state index contributed by atoms with van der Waals surface area (Å²) in [6.45, 7) is 5.59. The smallest absolute Gasteiger partial charge is 0.253 e. The van der Waals surface area contributed by atoms with Crippen molar-refractivity contribution in [2.45, 2.75) is 38.1 Å². The molecule has 0 radical (unpaired) electrons. The third-order valence-electron chi connectivity index (χ3n) is 7.02. The average Bonchev–Trinajstić information content (AvgIpc) is 3.00. The molecule has 0 spiro atoms. The van der Waals surface area contributed by atoms with Crippen molar-refractivity contribution in [1.29, 1.82) is 0 Å². The molecule has 1 aromatic heterocycles. The van der Waals surface area contributed by atoms with Gasteiger partial charge in [-0.1, -0.05) is 6.42 Å². The Hall–Kier alpha value is -2.67. The molecule has 0 atom stereocenters. The zero-order valence-corrected chi connectivity index (χ0v) is 18.3. The van der Waals surface area contributed by atoms with E-state index in [9.17, 15) is 4.79 Å². The molecule has 0 N–H and O–H groups in total. The van der Waals surface area contributed by atoms with Crippen molar-refractivity contribution in [2.75, 3.05) is 51.3 Å². The first-order valence-corrected chi connectivity index (χ1v) is 11.5. The summed E-state index contributed by atoms with van der Waals surface area (Å²) in [7, 11) is 1.63. The molecule has 3 aliphatic rings. The molecule has 31 heavy (non-hydrogen) atoms. The van der Waals surface area contributed by atoms with Crippen LogP contribution >= 0.6 is 0 Å². The normalized spacial score (nSPS) is 20.0. The van der Waals surface area contributed by atoms with Gasteiger partial charge in [-0.3, -0.25) is 9.69 Å². The van der Waals surface area contributed by atoms with Crippen molar-refractivity contribution >= 4 is 11.9 Å². The summed E-state index contributed by atoms with van der Waals surface area (Å²) in [6, 6.07) is 8.15. The molecule has 2 aromatic rings. The van der Waals surface area contributed by atoms with E-state index in [0.29, 0.717) is 18.7 Å². The van der Waals surface area contributed by atoms with Crippen LogP contribution in [0.3, 0.4) is 0 Å². The Balaban J connectivity index is 1.22. The largest absolute Gasteiger partial charge is 0.497 e. The first-order chi connectivity index (χ1) is 15.2. The highest BCUT2D eigenvalue weighted by Crippen LogP contribution is 2.26. The standard InChI is InChI=1S/C24H31N5O2/c1-31-21-7-5-18(6-8-21)23(30)28-11-9-19-17-25-24(26-22(19)10-12-28)29-15-13-27(14-16-29)20-3-2-4-20/h5-8,17,20H,2-4,9-16H2,1H3. The lowest BCUT2D eigenvalue weighted by molar-refractivity contribution is 0.0763. The van der Waals surface area contributed by atoms with Gasteiger partial charge in [0.25, 0.3) is 5.91 Å². The van der Waals surface area contributed by atoms with Gasteiger partial charge in [-0.05, 0) is 49.1 Å². The van der Waals surface area contributed by atoms with Gasteiger partial charge < -0.3 is 14.5 Å². The Bertz CT molecular complexity index is 920. The molecule has 1 amide bonds. The van der Waals surface area contributed by atoms with Crippen LogP contribution in [0.2, 0.25) is 0 Å². The van der Waals surface area contributed by atoms with Crippen molar-refractivity contribution in [2.24, 2.45) is 0 Å². The van der Waals surface area contributed by atoms with Crippen molar-refractivity contribution in [3.05, 3.63) is 47.3 Å². The summed E-state index contributed by atoms with van der Waals surface area (Å²) in [5.41, 5.74) is 2.96. The lowest BCUT2D eigenvalue weighted by Crippen LogP contribution is -2.52. The number of aromatic nitrogens is 2. The lowest BCUT2D eigenvalue weighted by atomic mass is 9.91. The fourth-order valence-corrected chi connectivity index (χ4v) is 4.78. The number of ether oxygens (including phenoxy) is 1. The monoisotopic (exact) mass is 421 g/mol. The molecule has 1 aliphatic carbocycles. The van der Waals surface area contributed by atoms with E-state index in [1.54, 1.807) is 7.11 Å². The molecule has 3 heterocycles. The third kappa shape index (κ3) is 4.24. The predicted octanol–water partition coefficient (Wildman–Crippen LogP) is 2.40. The zero-order valence-electron chi connectivity index (χ0n) is 18.3. The number of hydrogen-bond donors (Lipinski definition) is 0. The minimum Gasteiger partial charge on any atom is -0.497 e. The molecule has 2 aliphatic heterocycles. The number of carbonyl (C=O) groups is 1. The Morgan fingerprint density at radius 3 is 2.42 bits per heavy atom. The molecule has 5 rings (SSSR count). The first-order valence-electron chi connectivity index (χ1n) is 11.5. The molecule has 164 valence electrons. The van der Waals surface area contributed by atoms with E-state index in [-0.39, 0.29) is 5.91 Å². The number of benzene rings is 1. The number of rotatable bonds is 4. The van der Waals surface area contributed by atoms with Crippen LogP contribution in [-0.2, 0) is 12.8 Å². The molecule has 2 fully saturated rings. The maximum atomic E-state index is 13.0. The van der Waals surface area contributed by atoms with Gasteiger partial charge in [0.05, 0.1) is 12.8 Å². The van der Waals surface area contributed by atoms with E-state index < -0.39 is 0 Å². The predicted molar refractivity (Wildman–Crippen MR) is 120 cm³/mol. The van der Waals surface area contributed by atoms with Crippen LogP contribution < -0.4 is 9.64 Å². The van der Waals surface area contributed by atoms with Crippen LogP contribution in [0.25, 0.3) is 0 Å². The van der Waals surface area contributed by atoms with Crippen LogP contribution in [0.1, 0.15) is 40.9 Å². The number of anilines is 1. The highest BCUT2D eigenvalue weighted by atomic mass is 16.5. The number of piperazine rings is 1. The Labute approximate surface area is 184 Å². The van der Waals surface area contributed by atoms with Gasteiger partial charge in [0.2, 0.25) is 5.95 Å². The second-order valence-corrected chi connectivity index (χ2v) is 8.77. The number of amides is 1. The summed E-state index contributed by atoms with van der Waals surface area (Å²) < 4.78 is 5.20. The lowest BCUT2D eigenvalue weighted by Gasteiger charge is -2.43. The fourth-order valence-electron chi connectivity index (χ4n) is 4.78. The van der Waals surface area contributed by atoms with Crippen molar-refractivity contribution < 1.29 is 9.53 Å².